The Labute approximate surface area is 268 Å². The van der Waals surface area contributed by atoms with Crippen LogP contribution in [0.5, 0.6) is 0 Å². The molecule has 0 bridgehead atoms. The minimum absolute atomic E-state index is 0.0435. The second-order valence-electron chi connectivity index (χ2n) is 13.4. The Bertz CT molecular complexity index is 943. The summed E-state index contributed by atoms with van der Waals surface area (Å²) in [6.45, 7) is 22.1. The second-order valence-corrected chi connectivity index (χ2v) is 13.4. The van der Waals surface area contributed by atoms with Gasteiger partial charge in [-0.05, 0) is 159 Å². The molecule has 0 saturated heterocycles. The topological polar surface area (TPSA) is 17.1 Å². The van der Waals surface area contributed by atoms with Crippen LogP contribution in [-0.2, 0) is 4.79 Å². The lowest BCUT2D eigenvalue weighted by Gasteiger charge is -2.07. The van der Waals surface area contributed by atoms with Crippen molar-refractivity contribution in [3.8, 4) is 0 Å². The van der Waals surface area contributed by atoms with Crippen molar-refractivity contribution in [2.75, 3.05) is 0 Å². The number of hydrogen-bond donors (Lipinski definition) is 0. The molecule has 0 heterocycles. The monoisotopic (exact) mass is 588 g/mol. The van der Waals surface area contributed by atoms with E-state index >= 15 is 0 Å². The van der Waals surface area contributed by atoms with E-state index in [9.17, 15) is 4.79 Å². The Kier molecular flexibility index (Phi) is 24.6. The van der Waals surface area contributed by atoms with Crippen molar-refractivity contribution in [1.82, 2.24) is 0 Å². The van der Waals surface area contributed by atoms with Crippen LogP contribution in [0.15, 0.2) is 93.2 Å². The predicted octanol–water partition coefficient (Wildman–Crippen LogP) is 13.8. The molecule has 241 valence electrons. The van der Waals surface area contributed by atoms with Crippen molar-refractivity contribution in [2.24, 2.45) is 5.92 Å². The molecular formula is C42H67O. The molecule has 0 aromatic rings. The maximum Gasteiger partial charge on any atom is 0.202 e. The molecule has 0 saturated carbocycles. The molecule has 0 aromatic heterocycles. The standard InChI is InChI=1S/C42H67O/c1-34(2)17-11-19-36(5)21-13-23-38(7)25-15-27-40(9)29-31-42(33-43)32-30-41(10)28-16-26-39(8)24-14-22-37(6)20-12-18-35(3)4/h17-18,21-22,25-26,29-30,42H,11-16,19-20,23-24,27-28,31-32H2,1-10H3/b36-21+,37-22+,38-25+,39-26+,40-29+,41-30+. The first-order valence-corrected chi connectivity index (χ1v) is 17.0. The molecule has 0 spiro atoms. The predicted molar refractivity (Wildman–Crippen MR) is 195 cm³/mol. The normalized spacial score (nSPS) is 14.6. The van der Waals surface area contributed by atoms with Crippen LogP contribution in [0, 0.1) is 5.92 Å². The Balaban J connectivity index is 4.39. The Hall–Kier alpha value is -2.41. The molecule has 0 N–H and O–H groups in total. The molecule has 0 aliphatic rings. The van der Waals surface area contributed by atoms with Crippen molar-refractivity contribution in [3.63, 3.8) is 0 Å². The average molecular weight is 588 g/mol. The quantitative estimate of drug-likeness (QED) is 0.109. The van der Waals surface area contributed by atoms with E-state index in [4.69, 9.17) is 0 Å². The van der Waals surface area contributed by atoms with Gasteiger partial charge in [0, 0.05) is 5.92 Å². The first kappa shape index (κ1) is 40.6. The third-order valence-electron chi connectivity index (χ3n) is 7.98. The summed E-state index contributed by atoms with van der Waals surface area (Å²) in [5.41, 5.74) is 11.5. The molecule has 0 amide bonds. The highest BCUT2D eigenvalue weighted by Crippen LogP contribution is 2.18. The summed E-state index contributed by atoms with van der Waals surface area (Å²) in [5, 5.41) is 0. The van der Waals surface area contributed by atoms with Crippen LogP contribution in [0.25, 0.3) is 0 Å². The first-order chi connectivity index (χ1) is 20.4. The summed E-state index contributed by atoms with van der Waals surface area (Å²) < 4.78 is 0. The molecule has 1 nitrogen and oxygen atoms in total. The van der Waals surface area contributed by atoms with Gasteiger partial charge in [-0.3, -0.25) is 4.79 Å². The van der Waals surface area contributed by atoms with E-state index < -0.39 is 0 Å². The minimum Gasteiger partial charge on any atom is -0.291 e. The van der Waals surface area contributed by atoms with Gasteiger partial charge in [-0.2, -0.15) is 0 Å². The molecule has 0 unspecified atom stereocenters. The lowest BCUT2D eigenvalue weighted by Crippen LogP contribution is -1.99. The molecule has 0 rings (SSSR count). The Morgan fingerprint density at radius 1 is 0.395 bits per heavy atom. The van der Waals surface area contributed by atoms with Crippen LogP contribution >= 0.6 is 0 Å². The summed E-state index contributed by atoms with van der Waals surface area (Å²) in [5.74, 6) is -0.0435. The second kappa shape index (κ2) is 26.0. The average Bonchev–Trinajstić information content (AvgIpc) is 2.92. The largest absolute Gasteiger partial charge is 0.291 e. The van der Waals surface area contributed by atoms with E-state index in [1.54, 1.807) is 0 Å². The molecule has 0 fully saturated rings. The van der Waals surface area contributed by atoms with Gasteiger partial charge in [0.2, 0.25) is 6.29 Å². The van der Waals surface area contributed by atoms with Gasteiger partial charge < -0.3 is 0 Å². The molecule has 0 aromatic carbocycles. The Morgan fingerprint density at radius 2 is 0.628 bits per heavy atom. The van der Waals surface area contributed by atoms with Crippen LogP contribution in [0.1, 0.15) is 159 Å². The smallest absolute Gasteiger partial charge is 0.202 e. The fourth-order valence-electron chi connectivity index (χ4n) is 4.85. The molecule has 1 heteroatoms. The van der Waals surface area contributed by atoms with E-state index in [0.717, 1.165) is 77.0 Å². The van der Waals surface area contributed by atoms with E-state index in [1.165, 1.54) is 57.4 Å². The van der Waals surface area contributed by atoms with Gasteiger partial charge in [0.15, 0.2) is 0 Å². The first-order valence-electron chi connectivity index (χ1n) is 17.0. The van der Waals surface area contributed by atoms with Gasteiger partial charge in [-0.25, -0.2) is 0 Å². The Morgan fingerprint density at radius 3 is 0.860 bits per heavy atom. The van der Waals surface area contributed by atoms with E-state index in [-0.39, 0.29) is 5.92 Å². The van der Waals surface area contributed by atoms with Crippen molar-refractivity contribution in [2.45, 2.75) is 159 Å². The zero-order valence-corrected chi connectivity index (χ0v) is 30.0. The molecule has 0 atom stereocenters. The van der Waals surface area contributed by atoms with E-state index in [2.05, 4.69) is 124 Å². The lowest BCUT2D eigenvalue weighted by molar-refractivity contribution is 0.520. The van der Waals surface area contributed by atoms with Crippen LogP contribution in [0.4, 0.5) is 0 Å². The number of hydrogen-bond acceptors (Lipinski definition) is 1. The van der Waals surface area contributed by atoms with Gasteiger partial charge >= 0.3 is 0 Å². The third kappa shape index (κ3) is 26.9. The number of rotatable bonds is 23. The van der Waals surface area contributed by atoms with Gasteiger partial charge in [0.1, 0.15) is 0 Å². The zero-order valence-electron chi connectivity index (χ0n) is 30.0. The van der Waals surface area contributed by atoms with Crippen LogP contribution in [-0.4, -0.2) is 6.29 Å². The fraction of sp³-hybridized carbons (Fsp3) is 0.595. The third-order valence-corrected chi connectivity index (χ3v) is 7.98. The van der Waals surface area contributed by atoms with Crippen LogP contribution in [0.2, 0.25) is 0 Å². The highest BCUT2D eigenvalue weighted by molar-refractivity contribution is 5.55. The van der Waals surface area contributed by atoms with Crippen LogP contribution < -0.4 is 0 Å². The maximum absolute atomic E-state index is 11.6. The lowest BCUT2D eigenvalue weighted by atomic mass is 9.98. The van der Waals surface area contributed by atoms with E-state index in [1.807, 2.05) is 0 Å². The SMILES string of the molecule is CC(C)=CCC/C(C)=C/CC/C(C)=C/CC/C(C)=C/CC([C]=O)C/C=C(\C)CC/C=C(\C)CC/C=C(\C)CCC=C(C)C. The zero-order chi connectivity index (χ0) is 32.5. The molecule has 0 aliphatic heterocycles. The minimum atomic E-state index is -0.0435. The molecule has 1 radical (unpaired) electrons. The van der Waals surface area contributed by atoms with Crippen molar-refractivity contribution in [1.29, 1.82) is 0 Å². The van der Waals surface area contributed by atoms with Gasteiger partial charge in [-0.15, -0.1) is 0 Å². The molecule has 0 aliphatic carbocycles. The summed E-state index contributed by atoms with van der Waals surface area (Å²) >= 11 is 0. The van der Waals surface area contributed by atoms with Gasteiger partial charge in [0.05, 0.1) is 0 Å². The summed E-state index contributed by atoms with van der Waals surface area (Å²) in [6.07, 6.45) is 36.0. The highest BCUT2D eigenvalue weighted by Gasteiger charge is 2.06. The van der Waals surface area contributed by atoms with Crippen molar-refractivity contribution >= 4 is 6.29 Å². The highest BCUT2D eigenvalue weighted by atomic mass is 16.1. The summed E-state index contributed by atoms with van der Waals surface area (Å²) in [7, 11) is 0. The van der Waals surface area contributed by atoms with E-state index in [0.29, 0.717) is 0 Å². The van der Waals surface area contributed by atoms with Gasteiger partial charge in [0.25, 0.3) is 0 Å². The molecular weight excluding hydrogens is 520 g/mol. The van der Waals surface area contributed by atoms with Crippen LogP contribution in [0.3, 0.4) is 0 Å². The maximum atomic E-state index is 11.6. The fourth-order valence-corrected chi connectivity index (χ4v) is 4.85. The summed E-state index contributed by atoms with van der Waals surface area (Å²) in [4.78, 5) is 11.6. The summed E-state index contributed by atoms with van der Waals surface area (Å²) in [6, 6.07) is 0. The van der Waals surface area contributed by atoms with Crippen molar-refractivity contribution < 1.29 is 4.79 Å². The van der Waals surface area contributed by atoms with Crippen molar-refractivity contribution in [3.05, 3.63) is 93.2 Å². The molecule has 43 heavy (non-hydrogen) atoms. The van der Waals surface area contributed by atoms with Gasteiger partial charge in [-0.1, -0.05) is 93.2 Å². The number of carbonyl (C=O) groups excluding carboxylic acids is 1. The number of allylic oxidation sites excluding steroid dienone is 16.